The summed E-state index contributed by atoms with van der Waals surface area (Å²) in [6.07, 6.45) is 2.44. The number of aliphatic imine (C=N–C) groups is 1. The molecule has 3 heterocycles. The number of anilines is 2. The average molecular weight is 476 g/mol. The van der Waals surface area contributed by atoms with Gasteiger partial charge in [-0.05, 0) is 18.6 Å². The summed E-state index contributed by atoms with van der Waals surface area (Å²) < 4.78 is 0. The average Bonchev–Trinajstić information content (AvgIpc) is 3.48. The van der Waals surface area contributed by atoms with Crippen molar-refractivity contribution in [3.8, 4) is 10.6 Å². The number of carbonyl (C=O) groups excluding carboxylic acids is 1. The van der Waals surface area contributed by atoms with Crippen molar-refractivity contribution in [3.05, 3.63) is 67.0 Å². The van der Waals surface area contributed by atoms with Crippen molar-refractivity contribution in [2.45, 2.75) is 11.7 Å². The summed E-state index contributed by atoms with van der Waals surface area (Å²) in [7, 11) is 0. The molecular weight excluding hydrogens is 454 g/mol. The Bertz CT molecular complexity index is 1280. The number of amidine groups is 1. The van der Waals surface area contributed by atoms with Gasteiger partial charge in [-0.15, -0.1) is 0 Å². The molecule has 1 aliphatic rings. The van der Waals surface area contributed by atoms with Crippen LogP contribution in [0.4, 0.5) is 16.3 Å². The van der Waals surface area contributed by atoms with E-state index in [2.05, 4.69) is 30.9 Å². The van der Waals surface area contributed by atoms with Crippen LogP contribution in [-0.4, -0.2) is 44.5 Å². The minimum absolute atomic E-state index is 0.285. The summed E-state index contributed by atoms with van der Waals surface area (Å²) in [6.45, 7) is 1.39. The van der Waals surface area contributed by atoms with E-state index in [1.807, 2.05) is 60.7 Å². The van der Waals surface area contributed by atoms with Gasteiger partial charge in [-0.1, -0.05) is 71.6 Å². The maximum absolute atomic E-state index is 12.2. The van der Waals surface area contributed by atoms with Crippen LogP contribution in [-0.2, 0) is 0 Å². The number of nitrogens with one attached hydrogen (secondary N) is 3. The SMILES string of the molecule is O=C(NC1=NCC(CCNc2ncnc3sc(-c4ccccc4)nc23)S1)Nc1ccccc1. The third-order valence-electron chi connectivity index (χ3n) is 4.94. The summed E-state index contributed by atoms with van der Waals surface area (Å²) in [5.41, 5.74) is 2.60. The molecule has 0 aliphatic carbocycles. The number of rotatable bonds is 6. The van der Waals surface area contributed by atoms with E-state index in [1.54, 1.807) is 29.4 Å². The lowest BCUT2D eigenvalue weighted by molar-refractivity contribution is 0.256. The van der Waals surface area contributed by atoms with Crippen molar-refractivity contribution in [1.82, 2.24) is 20.3 Å². The number of amides is 2. The number of thioether (sulfide) groups is 1. The van der Waals surface area contributed by atoms with Crippen molar-refractivity contribution in [2.75, 3.05) is 23.7 Å². The Morgan fingerprint density at radius 2 is 1.79 bits per heavy atom. The molecule has 0 saturated heterocycles. The molecular formula is C23H21N7OS2. The van der Waals surface area contributed by atoms with Crippen LogP contribution in [0.25, 0.3) is 20.9 Å². The molecule has 33 heavy (non-hydrogen) atoms. The van der Waals surface area contributed by atoms with Gasteiger partial charge in [0.2, 0.25) is 0 Å². The topological polar surface area (TPSA) is 104 Å². The summed E-state index contributed by atoms with van der Waals surface area (Å²) in [6, 6.07) is 19.1. The van der Waals surface area contributed by atoms with E-state index in [1.165, 1.54) is 0 Å². The van der Waals surface area contributed by atoms with Gasteiger partial charge in [0.25, 0.3) is 0 Å². The fraction of sp³-hybridized carbons (Fsp3) is 0.174. The van der Waals surface area contributed by atoms with Gasteiger partial charge < -0.3 is 10.6 Å². The zero-order valence-corrected chi connectivity index (χ0v) is 19.2. The predicted octanol–water partition coefficient (Wildman–Crippen LogP) is 4.85. The molecule has 5 rings (SSSR count). The summed E-state index contributed by atoms with van der Waals surface area (Å²) in [5.74, 6) is 0.739. The van der Waals surface area contributed by atoms with Gasteiger partial charge >= 0.3 is 6.03 Å². The van der Waals surface area contributed by atoms with Gasteiger partial charge in [0.05, 0.1) is 6.54 Å². The van der Waals surface area contributed by atoms with Crippen LogP contribution in [0.3, 0.4) is 0 Å². The maximum atomic E-state index is 12.2. The highest BCUT2D eigenvalue weighted by Crippen LogP contribution is 2.31. The third-order valence-corrected chi connectivity index (χ3v) is 7.13. The Morgan fingerprint density at radius 3 is 2.61 bits per heavy atom. The van der Waals surface area contributed by atoms with E-state index in [0.717, 1.165) is 45.4 Å². The molecule has 166 valence electrons. The van der Waals surface area contributed by atoms with Gasteiger partial charge in [-0.3, -0.25) is 10.3 Å². The van der Waals surface area contributed by atoms with Crippen LogP contribution >= 0.6 is 23.1 Å². The molecule has 4 aromatic rings. The highest BCUT2D eigenvalue weighted by molar-refractivity contribution is 8.14. The molecule has 1 aliphatic heterocycles. The van der Waals surface area contributed by atoms with Crippen molar-refractivity contribution in [1.29, 1.82) is 0 Å². The van der Waals surface area contributed by atoms with Crippen molar-refractivity contribution in [2.24, 2.45) is 4.99 Å². The van der Waals surface area contributed by atoms with Crippen LogP contribution in [0.2, 0.25) is 0 Å². The van der Waals surface area contributed by atoms with E-state index >= 15 is 0 Å². The van der Waals surface area contributed by atoms with Gasteiger partial charge in [0.1, 0.15) is 21.7 Å². The van der Waals surface area contributed by atoms with Crippen LogP contribution in [0.1, 0.15) is 6.42 Å². The van der Waals surface area contributed by atoms with Gasteiger partial charge in [-0.2, -0.15) is 0 Å². The Hall–Kier alpha value is -3.50. The van der Waals surface area contributed by atoms with E-state index in [4.69, 9.17) is 4.98 Å². The van der Waals surface area contributed by atoms with Crippen molar-refractivity contribution in [3.63, 3.8) is 0 Å². The lowest BCUT2D eigenvalue weighted by atomic mass is 10.2. The molecule has 0 fully saturated rings. The van der Waals surface area contributed by atoms with Gasteiger partial charge in [-0.25, -0.2) is 19.7 Å². The molecule has 0 spiro atoms. The van der Waals surface area contributed by atoms with E-state index in [-0.39, 0.29) is 11.3 Å². The van der Waals surface area contributed by atoms with Crippen LogP contribution in [0.5, 0.6) is 0 Å². The fourth-order valence-electron chi connectivity index (χ4n) is 3.36. The number of aromatic nitrogens is 3. The fourth-order valence-corrected chi connectivity index (χ4v) is 5.27. The number of carbonyl (C=O) groups is 1. The number of hydrogen-bond donors (Lipinski definition) is 3. The zero-order chi connectivity index (χ0) is 22.5. The minimum atomic E-state index is -0.285. The standard InChI is InChI=1S/C23H21N7OS2/c31-22(28-16-9-5-2-6-10-16)30-23-25-13-17(32-23)11-12-24-19-18-21(27-14-26-19)33-20(29-18)15-7-3-1-4-8-15/h1-10,14,17H,11-13H2,(H,24,26,27)(H2,25,28,30,31). The molecule has 0 saturated carbocycles. The Balaban J connectivity index is 1.13. The molecule has 2 aromatic heterocycles. The second-order valence-corrected chi connectivity index (χ2v) is 9.57. The molecule has 10 heteroatoms. The Kier molecular flexibility index (Phi) is 6.45. The van der Waals surface area contributed by atoms with E-state index in [0.29, 0.717) is 11.7 Å². The largest absolute Gasteiger partial charge is 0.368 e. The predicted molar refractivity (Wildman–Crippen MR) is 136 cm³/mol. The lowest BCUT2D eigenvalue weighted by Crippen LogP contribution is -2.32. The number of hydrogen-bond acceptors (Lipinski definition) is 8. The summed E-state index contributed by atoms with van der Waals surface area (Å²) in [5, 5.41) is 10.9. The quantitative estimate of drug-likeness (QED) is 0.368. The number of benzene rings is 2. The normalized spacial score (nSPS) is 15.3. The van der Waals surface area contributed by atoms with Crippen molar-refractivity contribution >= 4 is 56.1 Å². The monoisotopic (exact) mass is 475 g/mol. The number of fused-ring (bicyclic) bond motifs is 1. The first-order valence-electron chi connectivity index (χ1n) is 10.5. The zero-order valence-electron chi connectivity index (χ0n) is 17.6. The maximum Gasteiger partial charge on any atom is 0.325 e. The van der Waals surface area contributed by atoms with Crippen LogP contribution in [0, 0.1) is 0 Å². The van der Waals surface area contributed by atoms with E-state index in [9.17, 15) is 4.79 Å². The first-order valence-corrected chi connectivity index (χ1v) is 12.2. The molecule has 0 bridgehead atoms. The molecule has 3 N–H and O–H groups in total. The van der Waals surface area contributed by atoms with Crippen LogP contribution < -0.4 is 16.0 Å². The molecule has 1 atom stereocenters. The van der Waals surface area contributed by atoms with E-state index < -0.39 is 0 Å². The first kappa shape index (κ1) is 21.4. The smallest absolute Gasteiger partial charge is 0.325 e. The number of para-hydroxylation sites is 1. The van der Waals surface area contributed by atoms with Gasteiger partial charge in [0, 0.05) is 23.0 Å². The number of thiazole rings is 1. The highest BCUT2D eigenvalue weighted by atomic mass is 32.2. The Labute approximate surface area is 199 Å². The molecule has 2 aromatic carbocycles. The third kappa shape index (κ3) is 5.29. The minimum Gasteiger partial charge on any atom is -0.368 e. The number of urea groups is 1. The molecule has 8 nitrogen and oxygen atoms in total. The summed E-state index contributed by atoms with van der Waals surface area (Å²) >= 11 is 3.14. The van der Waals surface area contributed by atoms with Crippen molar-refractivity contribution < 1.29 is 4.79 Å². The second-order valence-electron chi connectivity index (χ2n) is 7.31. The number of nitrogens with zero attached hydrogens (tertiary/aromatic N) is 4. The lowest BCUT2D eigenvalue weighted by Gasteiger charge is -2.10. The van der Waals surface area contributed by atoms with Crippen LogP contribution in [0.15, 0.2) is 72.0 Å². The molecule has 0 radical (unpaired) electrons. The second kappa shape index (κ2) is 9.97. The molecule has 1 unspecified atom stereocenters. The highest BCUT2D eigenvalue weighted by Gasteiger charge is 2.21. The first-order chi connectivity index (χ1) is 16.2. The van der Waals surface area contributed by atoms with Gasteiger partial charge in [0.15, 0.2) is 11.0 Å². The Morgan fingerprint density at radius 1 is 1.00 bits per heavy atom. The summed E-state index contributed by atoms with van der Waals surface area (Å²) in [4.78, 5) is 31.0. The molecule has 2 amide bonds.